The number of pyridine rings is 2. The predicted octanol–water partition coefficient (Wildman–Crippen LogP) is 6.23. The molecule has 4 heterocycles. The number of nitrogens with zero attached hydrogens (tertiary/aromatic N) is 5. The van der Waals surface area contributed by atoms with E-state index in [0.717, 1.165) is 55.0 Å². The molecule has 1 aliphatic heterocycles. The van der Waals surface area contributed by atoms with Gasteiger partial charge < -0.3 is 15.0 Å². The lowest BCUT2D eigenvalue weighted by atomic mass is 9.90. The van der Waals surface area contributed by atoms with Crippen molar-refractivity contribution in [2.45, 2.75) is 83.8 Å². The third-order valence-electron chi connectivity index (χ3n) is 7.47. The van der Waals surface area contributed by atoms with Crippen LogP contribution in [0.5, 0.6) is 0 Å². The minimum Gasteiger partial charge on any atom is -0.444 e. The quantitative estimate of drug-likeness (QED) is 0.389. The summed E-state index contributed by atoms with van der Waals surface area (Å²) in [6.45, 7) is 8.91. The Morgan fingerprint density at radius 3 is 2.42 bits per heavy atom. The van der Waals surface area contributed by atoms with Crippen molar-refractivity contribution in [3.63, 3.8) is 0 Å². The Kier molecular flexibility index (Phi) is 7.44. The molecule has 0 radical (unpaired) electrons. The molecule has 202 valence electrons. The summed E-state index contributed by atoms with van der Waals surface area (Å²) in [4.78, 5) is 41.2. The minimum atomic E-state index is -0.487. The molecule has 2 fully saturated rings. The van der Waals surface area contributed by atoms with Crippen LogP contribution in [0.4, 0.5) is 16.6 Å². The van der Waals surface area contributed by atoms with E-state index in [1.165, 1.54) is 0 Å². The van der Waals surface area contributed by atoms with E-state index >= 15 is 0 Å². The number of hydrogen-bond donors (Lipinski definition) is 1. The van der Waals surface area contributed by atoms with Gasteiger partial charge in [0.1, 0.15) is 17.1 Å². The van der Waals surface area contributed by atoms with Crippen molar-refractivity contribution >= 4 is 44.8 Å². The summed E-state index contributed by atoms with van der Waals surface area (Å²) in [7, 11) is 0. The van der Waals surface area contributed by atoms with Crippen LogP contribution in [0.1, 0.15) is 82.4 Å². The zero-order chi connectivity index (χ0) is 27.0. The predicted molar refractivity (Wildman–Crippen MR) is 151 cm³/mol. The van der Waals surface area contributed by atoms with Crippen LogP contribution in [0.3, 0.4) is 0 Å². The second kappa shape index (κ2) is 10.6. The SMILES string of the molecule is Cc1c(Br)c(=O)n(C2CCCC2)c2nc(Nc3ccc(C4CCN(C(=O)OC(C)(C)C)CC4)cn3)ncc12. The number of likely N-dealkylation sites (tertiary alicyclic amines) is 1. The van der Waals surface area contributed by atoms with E-state index in [4.69, 9.17) is 9.72 Å². The van der Waals surface area contributed by atoms with Gasteiger partial charge in [-0.15, -0.1) is 0 Å². The van der Waals surface area contributed by atoms with Crippen LogP contribution in [0.15, 0.2) is 33.8 Å². The summed E-state index contributed by atoms with van der Waals surface area (Å²) in [5, 5.41) is 4.08. The highest BCUT2D eigenvalue weighted by Crippen LogP contribution is 2.33. The van der Waals surface area contributed by atoms with E-state index < -0.39 is 5.60 Å². The summed E-state index contributed by atoms with van der Waals surface area (Å²) in [5.41, 5.74) is 2.14. The first-order chi connectivity index (χ1) is 18.1. The lowest BCUT2D eigenvalue weighted by Crippen LogP contribution is -2.41. The highest BCUT2D eigenvalue weighted by atomic mass is 79.9. The van der Waals surface area contributed by atoms with E-state index in [1.807, 2.05) is 44.5 Å². The number of amides is 1. The van der Waals surface area contributed by atoms with Gasteiger partial charge in [-0.25, -0.2) is 14.8 Å². The number of piperidine rings is 1. The van der Waals surface area contributed by atoms with Crippen molar-refractivity contribution in [2.75, 3.05) is 18.4 Å². The normalized spacial score (nSPS) is 17.2. The first-order valence-corrected chi connectivity index (χ1v) is 14.2. The molecule has 9 nitrogen and oxygen atoms in total. The Bertz CT molecular complexity index is 1380. The Balaban J connectivity index is 1.30. The maximum Gasteiger partial charge on any atom is 0.410 e. The molecule has 3 aromatic rings. The number of fused-ring (bicyclic) bond motifs is 1. The number of aryl methyl sites for hydroxylation is 1. The van der Waals surface area contributed by atoms with Crippen molar-refractivity contribution in [3.05, 3.63) is 50.5 Å². The number of aromatic nitrogens is 4. The largest absolute Gasteiger partial charge is 0.444 e. The Hall–Kier alpha value is -3.01. The molecule has 0 spiro atoms. The molecule has 10 heteroatoms. The van der Waals surface area contributed by atoms with Crippen LogP contribution in [0.2, 0.25) is 0 Å². The molecule has 5 rings (SSSR count). The summed E-state index contributed by atoms with van der Waals surface area (Å²) in [6, 6.07) is 4.16. The number of halogens is 1. The molecule has 0 atom stereocenters. The maximum absolute atomic E-state index is 13.2. The van der Waals surface area contributed by atoms with Crippen molar-refractivity contribution < 1.29 is 9.53 Å². The van der Waals surface area contributed by atoms with E-state index in [-0.39, 0.29) is 17.7 Å². The molecular formula is C28H35BrN6O3. The first-order valence-electron chi connectivity index (χ1n) is 13.4. The fraction of sp³-hybridized carbons (Fsp3) is 0.536. The number of ether oxygens (including phenoxy) is 1. The number of nitrogens with one attached hydrogen (secondary N) is 1. The zero-order valence-electron chi connectivity index (χ0n) is 22.5. The van der Waals surface area contributed by atoms with Crippen LogP contribution in [0.25, 0.3) is 11.0 Å². The van der Waals surface area contributed by atoms with Gasteiger partial charge >= 0.3 is 6.09 Å². The topological polar surface area (TPSA) is 102 Å². The van der Waals surface area contributed by atoms with Crippen LogP contribution >= 0.6 is 15.9 Å². The van der Waals surface area contributed by atoms with E-state index in [2.05, 4.69) is 37.3 Å². The van der Waals surface area contributed by atoms with Gasteiger partial charge in [0, 0.05) is 36.9 Å². The highest BCUT2D eigenvalue weighted by Gasteiger charge is 2.28. The molecule has 1 amide bonds. The van der Waals surface area contributed by atoms with Gasteiger partial charge in [0.2, 0.25) is 5.95 Å². The molecule has 1 N–H and O–H groups in total. The standard InChI is InChI=1S/C28H35BrN6O3/c1-17-21-16-31-26(33-24(21)35(25(36)23(17)29)20-7-5-6-8-20)32-22-10-9-19(15-30-22)18-11-13-34(14-12-18)27(37)38-28(2,3)4/h9-10,15-16,18,20H,5-8,11-14H2,1-4H3,(H,30,31,32,33). The number of carbonyl (C=O) groups excluding carboxylic acids is 1. The average molecular weight is 584 g/mol. The van der Waals surface area contributed by atoms with E-state index in [9.17, 15) is 9.59 Å². The van der Waals surface area contributed by atoms with Gasteiger partial charge in [-0.2, -0.15) is 4.98 Å². The zero-order valence-corrected chi connectivity index (χ0v) is 24.0. The number of hydrogen-bond acceptors (Lipinski definition) is 7. The van der Waals surface area contributed by atoms with Crippen molar-refractivity contribution in [3.8, 4) is 0 Å². The third-order valence-corrected chi connectivity index (χ3v) is 8.40. The van der Waals surface area contributed by atoms with Gasteiger partial charge in [0.25, 0.3) is 5.56 Å². The van der Waals surface area contributed by atoms with E-state index in [0.29, 0.717) is 40.9 Å². The molecule has 0 bridgehead atoms. The van der Waals surface area contributed by atoms with Gasteiger partial charge in [-0.1, -0.05) is 18.9 Å². The summed E-state index contributed by atoms with van der Waals surface area (Å²) < 4.78 is 7.92. The highest BCUT2D eigenvalue weighted by molar-refractivity contribution is 9.10. The minimum absolute atomic E-state index is 0.0354. The number of rotatable bonds is 4. The van der Waals surface area contributed by atoms with Crippen molar-refractivity contribution in [1.82, 2.24) is 24.4 Å². The Morgan fingerprint density at radius 1 is 1.08 bits per heavy atom. The molecular weight excluding hydrogens is 548 g/mol. The monoisotopic (exact) mass is 582 g/mol. The Labute approximate surface area is 231 Å². The average Bonchev–Trinajstić information content (AvgIpc) is 3.41. The molecule has 2 aliphatic rings. The second-order valence-electron chi connectivity index (χ2n) is 11.3. The molecule has 1 saturated heterocycles. The van der Waals surface area contributed by atoms with Crippen LogP contribution in [-0.4, -0.2) is 49.2 Å². The molecule has 1 saturated carbocycles. The molecule has 1 aliphatic carbocycles. The van der Waals surface area contributed by atoms with Gasteiger partial charge in [-0.3, -0.25) is 9.36 Å². The van der Waals surface area contributed by atoms with E-state index in [1.54, 1.807) is 11.1 Å². The molecule has 0 unspecified atom stereocenters. The maximum atomic E-state index is 13.2. The molecule has 3 aromatic heterocycles. The van der Waals surface area contributed by atoms with Crippen molar-refractivity contribution in [1.29, 1.82) is 0 Å². The van der Waals surface area contributed by atoms with Crippen LogP contribution < -0.4 is 10.9 Å². The smallest absolute Gasteiger partial charge is 0.410 e. The summed E-state index contributed by atoms with van der Waals surface area (Å²) in [5.74, 6) is 1.40. The van der Waals surface area contributed by atoms with Gasteiger partial charge in [0.05, 0.1) is 4.47 Å². The van der Waals surface area contributed by atoms with Crippen LogP contribution in [0, 0.1) is 6.92 Å². The second-order valence-corrected chi connectivity index (χ2v) is 12.1. The first kappa shape index (κ1) is 26.6. The summed E-state index contributed by atoms with van der Waals surface area (Å²) in [6.07, 6.45) is 9.37. The molecule has 0 aromatic carbocycles. The lowest BCUT2D eigenvalue weighted by Gasteiger charge is -2.33. The van der Waals surface area contributed by atoms with Gasteiger partial charge in [0.15, 0.2) is 0 Å². The van der Waals surface area contributed by atoms with Crippen molar-refractivity contribution in [2.24, 2.45) is 0 Å². The Morgan fingerprint density at radius 2 is 1.79 bits per heavy atom. The fourth-order valence-electron chi connectivity index (χ4n) is 5.42. The third kappa shape index (κ3) is 5.55. The van der Waals surface area contributed by atoms with Gasteiger partial charge in [-0.05, 0) is 92.4 Å². The number of anilines is 2. The van der Waals surface area contributed by atoms with Crippen LogP contribution in [-0.2, 0) is 4.74 Å². The summed E-state index contributed by atoms with van der Waals surface area (Å²) >= 11 is 3.49. The number of carbonyl (C=O) groups is 1. The fourth-order valence-corrected chi connectivity index (χ4v) is 5.82. The lowest BCUT2D eigenvalue weighted by molar-refractivity contribution is 0.0205. The molecule has 38 heavy (non-hydrogen) atoms.